The van der Waals surface area contributed by atoms with Gasteiger partial charge in [0.25, 0.3) is 5.91 Å². The predicted octanol–water partition coefficient (Wildman–Crippen LogP) is 3.79. The largest absolute Gasteiger partial charge is 0.322 e. The summed E-state index contributed by atoms with van der Waals surface area (Å²) in [6, 6.07) is 10.8. The van der Waals surface area contributed by atoms with Crippen molar-refractivity contribution in [1.29, 1.82) is 5.26 Å². The van der Waals surface area contributed by atoms with Gasteiger partial charge in [-0.3, -0.25) is 9.59 Å². The number of anilines is 2. The minimum Gasteiger partial charge on any atom is -0.322 e. The van der Waals surface area contributed by atoms with E-state index in [-0.39, 0.29) is 11.8 Å². The highest BCUT2D eigenvalue weighted by Crippen LogP contribution is 2.40. The molecular weight excluding hydrogens is 360 g/mol. The molecule has 0 aliphatic heterocycles. The molecule has 0 unspecified atom stereocenters. The van der Waals surface area contributed by atoms with Crippen LogP contribution in [0.3, 0.4) is 0 Å². The molecule has 1 aromatic carbocycles. The molecule has 0 radical (unpaired) electrons. The molecule has 0 saturated heterocycles. The molecule has 1 fully saturated rings. The number of pyridine rings is 1. The number of carbonyl (C=O) groups excluding carboxylic acids is 2. The molecule has 1 heterocycles. The van der Waals surface area contributed by atoms with Crippen molar-refractivity contribution in [3.8, 4) is 6.07 Å². The molecule has 7 heteroatoms. The Balaban J connectivity index is 1.86. The van der Waals surface area contributed by atoms with Gasteiger partial charge in [-0.05, 0) is 49.4 Å². The van der Waals surface area contributed by atoms with Crippen molar-refractivity contribution >= 4 is 35.0 Å². The van der Waals surface area contributed by atoms with Crippen molar-refractivity contribution in [2.75, 3.05) is 23.5 Å². The van der Waals surface area contributed by atoms with Crippen LogP contribution >= 0.6 is 11.8 Å². The number of amides is 2. The van der Waals surface area contributed by atoms with Crippen LogP contribution in [0.5, 0.6) is 0 Å². The molecule has 0 spiro atoms. The second-order valence-electron chi connectivity index (χ2n) is 6.44. The standard InChI is InChI=1S/C20H20N4O2S/c1-12(25)24(2)15-8-6-14(7-9-15)22-19(26)16-10-18(13-4-5-13)23-20(27-3)17(16)11-21/h6-10,13H,4-5H2,1-3H3,(H,22,26). The quantitative estimate of drug-likeness (QED) is 0.798. The Hall–Kier alpha value is -2.85. The van der Waals surface area contributed by atoms with Gasteiger partial charge in [-0.1, -0.05) is 0 Å². The first-order valence-corrected chi connectivity index (χ1v) is 9.81. The second kappa shape index (κ2) is 7.80. The first-order valence-electron chi connectivity index (χ1n) is 8.59. The van der Waals surface area contributed by atoms with Gasteiger partial charge in [0.05, 0.1) is 11.1 Å². The molecule has 0 bridgehead atoms. The van der Waals surface area contributed by atoms with Gasteiger partial charge in [0.2, 0.25) is 5.91 Å². The van der Waals surface area contributed by atoms with Crippen LogP contribution in [0.15, 0.2) is 35.4 Å². The lowest BCUT2D eigenvalue weighted by atomic mass is 10.1. The summed E-state index contributed by atoms with van der Waals surface area (Å²) in [6.45, 7) is 1.49. The number of nitriles is 1. The van der Waals surface area contributed by atoms with Crippen molar-refractivity contribution in [3.63, 3.8) is 0 Å². The van der Waals surface area contributed by atoms with Crippen LogP contribution < -0.4 is 10.2 Å². The fourth-order valence-electron chi connectivity index (χ4n) is 2.71. The molecule has 138 valence electrons. The minimum atomic E-state index is -0.334. The number of carbonyl (C=O) groups is 2. The molecule has 1 saturated carbocycles. The third-order valence-corrected chi connectivity index (χ3v) is 5.22. The number of hydrogen-bond acceptors (Lipinski definition) is 5. The Morgan fingerprint density at radius 2 is 1.96 bits per heavy atom. The molecular formula is C20H20N4O2S. The van der Waals surface area contributed by atoms with Gasteiger partial charge in [0.15, 0.2) is 0 Å². The van der Waals surface area contributed by atoms with E-state index in [2.05, 4.69) is 16.4 Å². The van der Waals surface area contributed by atoms with Crippen molar-refractivity contribution in [2.24, 2.45) is 0 Å². The van der Waals surface area contributed by atoms with E-state index >= 15 is 0 Å². The summed E-state index contributed by atoms with van der Waals surface area (Å²) in [5.41, 5.74) is 2.87. The highest BCUT2D eigenvalue weighted by molar-refractivity contribution is 7.98. The smallest absolute Gasteiger partial charge is 0.257 e. The molecule has 1 N–H and O–H groups in total. The fourth-order valence-corrected chi connectivity index (χ4v) is 3.27. The second-order valence-corrected chi connectivity index (χ2v) is 7.24. The maximum absolute atomic E-state index is 12.8. The predicted molar refractivity (Wildman–Crippen MR) is 106 cm³/mol. The zero-order valence-electron chi connectivity index (χ0n) is 15.4. The van der Waals surface area contributed by atoms with E-state index in [4.69, 9.17) is 0 Å². The molecule has 1 aliphatic carbocycles. The third-order valence-electron chi connectivity index (χ3n) is 4.54. The summed E-state index contributed by atoms with van der Waals surface area (Å²) in [4.78, 5) is 30.3. The highest BCUT2D eigenvalue weighted by atomic mass is 32.2. The highest BCUT2D eigenvalue weighted by Gasteiger charge is 2.28. The molecule has 0 atom stereocenters. The summed E-state index contributed by atoms with van der Waals surface area (Å²) < 4.78 is 0. The molecule has 1 aliphatic rings. The number of aromatic nitrogens is 1. The first-order chi connectivity index (χ1) is 12.9. The first kappa shape index (κ1) is 18.9. The van der Waals surface area contributed by atoms with E-state index in [0.29, 0.717) is 27.8 Å². The van der Waals surface area contributed by atoms with Gasteiger partial charge in [-0.15, -0.1) is 11.8 Å². The normalized spacial score (nSPS) is 13.0. The Kier molecular flexibility index (Phi) is 5.47. The maximum atomic E-state index is 12.8. The topological polar surface area (TPSA) is 86.1 Å². The number of rotatable bonds is 5. The molecule has 6 nitrogen and oxygen atoms in total. The number of hydrogen-bond donors (Lipinski definition) is 1. The van der Waals surface area contributed by atoms with Crippen LogP contribution in [0.2, 0.25) is 0 Å². The summed E-state index contributed by atoms with van der Waals surface area (Å²) in [6.07, 6.45) is 3.99. The van der Waals surface area contributed by atoms with Crippen molar-refractivity contribution in [2.45, 2.75) is 30.7 Å². The summed E-state index contributed by atoms with van der Waals surface area (Å²) in [5, 5.41) is 12.9. The number of thioether (sulfide) groups is 1. The van der Waals surface area contributed by atoms with Gasteiger partial charge in [0, 0.05) is 37.0 Å². The zero-order chi connectivity index (χ0) is 19.6. The monoisotopic (exact) mass is 380 g/mol. The Morgan fingerprint density at radius 3 is 2.48 bits per heavy atom. The van der Waals surface area contributed by atoms with E-state index in [1.807, 2.05) is 6.26 Å². The lowest BCUT2D eigenvalue weighted by molar-refractivity contribution is -0.116. The van der Waals surface area contributed by atoms with E-state index in [9.17, 15) is 14.9 Å². The number of nitrogens with one attached hydrogen (secondary N) is 1. The molecule has 2 amide bonds. The van der Waals surface area contributed by atoms with Gasteiger partial charge in [-0.2, -0.15) is 5.26 Å². The Bertz CT molecular complexity index is 930. The van der Waals surface area contributed by atoms with Crippen LogP contribution in [0.25, 0.3) is 0 Å². The van der Waals surface area contributed by atoms with Gasteiger partial charge in [0.1, 0.15) is 11.1 Å². The summed E-state index contributed by atoms with van der Waals surface area (Å²) >= 11 is 1.37. The van der Waals surface area contributed by atoms with E-state index < -0.39 is 0 Å². The average molecular weight is 380 g/mol. The molecule has 27 heavy (non-hydrogen) atoms. The van der Waals surface area contributed by atoms with Crippen LogP contribution in [-0.2, 0) is 4.79 Å². The van der Waals surface area contributed by atoms with Crippen molar-refractivity contribution in [1.82, 2.24) is 4.98 Å². The molecule has 1 aromatic heterocycles. The number of benzene rings is 1. The average Bonchev–Trinajstić information content (AvgIpc) is 3.52. The fraction of sp³-hybridized carbons (Fsp3) is 0.300. The number of nitrogens with zero attached hydrogens (tertiary/aromatic N) is 3. The van der Waals surface area contributed by atoms with Crippen LogP contribution in [0.4, 0.5) is 11.4 Å². The van der Waals surface area contributed by atoms with Gasteiger partial charge < -0.3 is 10.2 Å². The van der Waals surface area contributed by atoms with Crippen molar-refractivity contribution < 1.29 is 9.59 Å². The summed E-state index contributed by atoms with van der Waals surface area (Å²) in [5.74, 6) is -0.0187. The lowest BCUT2D eigenvalue weighted by Gasteiger charge is -2.15. The molecule has 3 rings (SSSR count). The van der Waals surface area contributed by atoms with E-state index in [1.54, 1.807) is 37.4 Å². The van der Waals surface area contributed by atoms with E-state index in [1.165, 1.54) is 23.6 Å². The maximum Gasteiger partial charge on any atom is 0.257 e. The zero-order valence-corrected chi connectivity index (χ0v) is 16.3. The van der Waals surface area contributed by atoms with Crippen LogP contribution in [-0.4, -0.2) is 30.1 Å². The molecule has 2 aromatic rings. The third kappa shape index (κ3) is 4.12. The Labute approximate surface area is 162 Å². The summed E-state index contributed by atoms with van der Waals surface area (Å²) in [7, 11) is 1.69. The SMILES string of the molecule is CSc1nc(C2CC2)cc(C(=O)Nc2ccc(N(C)C(C)=O)cc2)c1C#N. The van der Waals surface area contributed by atoms with Gasteiger partial charge in [-0.25, -0.2) is 4.98 Å². The lowest BCUT2D eigenvalue weighted by Crippen LogP contribution is -2.22. The Morgan fingerprint density at radius 1 is 1.30 bits per heavy atom. The van der Waals surface area contributed by atoms with Crippen LogP contribution in [0, 0.1) is 11.3 Å². The minimum absolute atomic E-state index is 0.0700. The van der Waals surface area contributed by atoms with E-state index in [0.717, 1.165) is 24.2 Å². The van der Waals surface area contributed by atoms with Gasteiger partial charge >= 0.3 is 0 Å². The van der Waals surface area contributed by atoms with Crippen molar-refractivity contribution in [3.05, 3.63) is 47.2 Å². The van der Waals surface area contributed by atoms with Crippen LogP contribution in [0.1, 0.15) is 47.3 Å².